The Morgan fingerprint density at radius 2 is 2.18 bits per heavy atom. The molecule has 3 heterocycles. The van der Waals surface area contributed by atoms with Crippen molar-refractivity contribution in [3.05, 3.63) is 24.0 Å². The minimum absolute atomic E-state index is 0.00468. The van der Waals surface area contributed by atoms with Crippen molar-refractivity contribution in [2.75, 3.05) is 25.0 Å². The fourth-order valence-corrected chi connectivity index (χ4v) is 3.32. The first-order valence-electron chi connectivity index (χ1n) is 9.66. The molecule has 0 spiro atoms. The third-order valence-electron chi connectivity index (χ3n) is 4.50. The van der Waals surface area contributed by atoms with Crippen molar-refractivity contribution >= 4 is 28.8 Å². The fourth-order valence-electron chi connectivity index (χ4n) is 3.32. The van der Waals surface area contributed by atoms with Gasteiger partial charge in [0.25, 0.3) is 0 Å². The highest BCUT2D eigenvalue weighted by Crippen LogP contribution is 2.28. The zero-order valence-electron chi connectivity index (χ0n) is 16.9. The van der Waals surface area contributed by atoms with Gasteiger partial charge in [0.1, 0.15) is 16.8 Å². The van der Waals surface area contributed by atoms with Crippen molar-refractivity contribution in [2.24, 2.45) is 0 Å². The molecule has 0 aliphatic carbocycles. The van der Waals surface area contributed by atoms with E-state index in [9.17, 15) is 9.59 Å². The molecule has 0 aromatic carbocycles. The van der Waals surface area contributed by atoms with Gasteiger partial charge in [-0.2, -0.15) is 0 Å². The molecule has 1 saturated heterocycles. The lowest BCUT2D eigenvalue weighted by Gasteiger charge is -2.35. The van der Waals surface area contributed by atoms with E-state index in [2.05, 4.69) is 15.3 Å². The summed E-state index contributed by atoms with van der Waals surface area (Å²) in [6, 6.07) is 1.87. The van der Waals surface area contributed by atoms with Gasteiger partial charge in [-0.1, -0.05) is 0 Å². The Bertz CT molecular complexity index is 855. The van der Waals surface area contributed by atoms with Crippen LogP contribution < -0.4 is 5.32 Å². The van der Waals surface area contributed by atoms with Gasteiger partial charge in [-0.05, 0) is 46.6 Å². The van der Waals surface area contributed by atoms with E-state index < -0.39 is 11.6 Å². The second-order valence-electron chi connectivity index (χ2n) is 7.92. The van der Waals surface area contributed by atoms with Gasteiger partial charge in [-0.25, -0.2) is 14.6 Å². The number of aromatic nitrogens is 2. The van der Waals surface area contributed by atoms with E-state index >= 15 is 0 Å². The number of hydrogen-bond donors (Lipinski definition) is 2. The van der Waals surface area contributed by atoms with Crippen LogP contribution in [0, 0.1) is 0 Å². The van der Waals surface area contributed by atoms with Gasteiger partial charge in [-0.3, -0.25) is 0 Å². The number of nitrogens with one attached hydrogen (secondary N) is 2. The van der Waals surface area contributed by atoms with Gasteiger partial charge < -0.3 is 24.7 Å². The first-order valence-corrected chi connectivity index (χ1v) is 9.66. The number of carbonyl (C=O) groups excluding carboxylic acids is 2. The van der Waals surface area contributed by atoms with Crippen LogP contribution in [0.5, 0.6) is 0 Å². The van der Waals surface area contributed by atoms with E-state index in [0.29, 0.717) is 36.6 Å². The summed E-state index contributed by atoms with van der Waals surface area (Å²) in [5, 5.41) is 4.27. The molecule has 1 amide bonds. The summed E-state index contributed by atoms with van der Waals surface area (Å²) >= 11 is 0. The van der Waals surface area contributed by atoms with Gasteiger partial charge in [0.05, 0.1) is 12.3 Å². The second kappa shape index (κ2) is 8.08. The summed E-state index contributed by atoms with van der Waals surface area (Å²) < 4.78 is 10.7. The third-order valence-corrected chi connectivity index (χ3v) is 4.50. The Labute approximate surface area is 164 Å². The normalized spacial score (nSPS) is 17.4. The van der Waals surface area contributed by atoms with E-state index in [-0.39, 0.29) is 12.1 Å². The van der Waals surface area contributed by atoms with Crippen LogP contribution in [0.15, 0.2) is 18.5 Å². The number of amides is 1. The van der Waals surface area contributed by atoms with Gasteiger partial charge in [0.2, 0.25) is 0 Å². The average Bonchev–Trinajstić information content (AvgIpc) is 3.10. The molecule has 3 rings (SSSR count). The van der Waals surface area contributed by atoms with Crippen LogP contribution in [-0.4, -0.2) is 58.3 Å². The van der Waals surface area contributed by atoms with E-state index in [0.717, 1.165) is 18.2 Å². The number of anilines is 1. The highest BCUT2D eigenvalue weighted by molar-refractivity contribution is 6.04. The van der Waals surface area contributed by atoms with Crippen molar-refractivity contribution < 1.29 is 19.1 Å². The number of aromatic amines is 1. The van der Waals surface area contributed by atoms with Crippen LogP contribution in [0.1, 0.15) is 50.9 Å². The molecule has 8 heteroatoms. The number of ether oxygens (including phenoxy) is 2. The molecule has 0 saturated carbocycles. The molecule has 0 bridgehead atoms. The number of hydrogen-bond acceptors (Lipinski definition) is 6. The Balaban J connectivity index is 1.81. The maximum absolute atomic E-state index is 12.4. The quantitative estimate of drug-likeness (QED) is 0.778. The van der Waals surface area contributed by atoms with Gasteiger partial charge in [0, 0.05) is 36.9 Å². The van der Waals surface area contributed by atoms with Crippen LogP contribution in [0.3, 0.4) is 0 Å². The molecule has 152 valence electrons. The Kier molecular flexibility index (Phi) is 5.76. The number of carbonyl (C=O) groups is 2. The molecular formula is C20H28N4O4. The summed E-state index contributed by atoms with van der Waals surface area (Å²) in [4.78, 5) is 33.9. The number of H-pyrrole nitrogens is 1. The van der Waals surface area contributed by atoms with Crippen LogP contribution in [-0.2, 0) is 9.47 Å². The zero-order valence-corrected chi connectivity index (χ0v) is 16.9. The van der Waals surface area contributed by atoms with E-state index in [1.807, 2.05) is 26.8 Å². The smallest absolute Gasteiger partial charge is 0.410 e. The third kappa shape index (κ3) is 4.55. The minimum Gasteiger partial charge on any atom is -0.462 e. The molecule has 2 aromatic rings. The van der Waals surface area contributed by atoms with E-state index in [1.54, 1.807) is 18.0 Å². The highest BCUT2D eigenvalue weighted by Gasteiger charge is 2.29. The number of esters is 1. The first-order chi connectivity index (χ1) is 13.3. The van der Waals surface area contributed by atoms with Gasteiger partial charge in [0.15, 0.2) is 0 Å². The van der Waals surface area contributed by atoms with Gasteiger partial charge >= 0.3 is 12.1 Å². The van der Waals surface area contributed by atoms with Crippen molar-refractivity contribution in [1.29, 1.82) is 0 Å². The molecule has 0 radical (unpaired) electrons. The first kappa shape index (κ1) is 20.0. The number of rotatable bonds is 4. The predicted octanol–water partition coefficient (Wildman–Crippen LogP) is 3.55. The standard InChI is InChI=1S/C20H28N4O4/c1-5-27-18(25)15-11-22-17-14(8-9-21-17)16(15)23-13-7-6-10-24(12-13)19(26)28-20(2,3)4/h8-9,11,13H,5-7,10,12H2,1-4H3,(H2,21,22,23). The number of pyridine rings is 1. The van der Waals surface area contributed by atoms with E-state index in [1.165, 1.54) is 6.20 Å². The molecule has 1 fully saturated rings. The SMILES string of the molecule is CCOC(=O)c1cnc2[nH]ccc2c1NC1CCCN(C(=O)OC(C)(C)C)C1. The summed E-state index contributed by atoms with van der Waals surface area (Å²) in [6.07, 6.45) is 4.73. The lowest BCUT2D eigenvalue weighted by Crippen LogP contribution is -2.47. The number of nitrogens with zero attached hydrogens (tertiary/aromatic N) is 2. The Morgan fingerprint density at radius 3 is 2.89 bits per heavy atom. The van der Waals surface area contributed by atoms with Crippen LogP contribution in [0.4, 0.5) is 10.5 Å². The van der Waals surface area contributed by atoms with Crippen molar-refractivity contribution in [2.45, 2.75) is 52.2 Å². The molecule has 8 nitrogen and oxygen atoms in total. The molecule has 1 unspecified atom stereocenters. The summed E-state index contributed by atoms with van der Waals surface area (Å²) in [6.45, 7) is 8.80. The fraction of sp³-hybridized carbons (Fsp3) is 0.550. The van der Waals surface area contributed by atoms with Gasteiger partial charge in [-0.15, -0.1) is 0 Å². The summed E-state index contributed by atoms with van der Waals surface area (Å²) in [5.41, 5.74) is 1.23. The molecule has 2 aromatic heterocycles. The largest absolute Gasteiger partial charge is 0.462 e. The number of piperidine rings is 1. The molecule has 2 N–H and O–H groups in total. The molecular weight excluding hydrogens is 360 g/mol. The van der Waals surface area contributed by atoms with Crippen LogP contribution in [0.25, 0.3) is 11.0 Å². The lowest BCUT2D eigenvalue weighted by atomic mass is 10.0. The van der Waals surface area contributed by atoms with Crippen LogP contribution in [0.2, 0.25) is 0 Å². The van der Waals surface area contributed by atoms with Crippen LogP contribution >= 0.6 is 0 Å². The maximum atomic E-state index is 12.4. The van der Waals surface area contributed by atoms with Crippen molar-refractivity contribution in [1.82, 2.24) is 14.9 Å². The topological polar surface area (TPSA) is 96.5 Å². The lowest BCUT2D eigenvalue weighted by molar-refractivity contribution is 0.0205. The number of fused-ring (bicyclic) bond motifs is 1. The molecule has 1 aliphatic rings. The summed E-state index contributed by atoms with van der Waals surface area (Å²) in [5.74, 6) is -0.416. The predicted molar refractivity (Wildman–Crippen MR) is 107 cm³/mol. The Morgan fingerprint density at radius 1 is 1.39 bits per heavy atom. The maximum Gasteiger partial charge on any atom is 0.410 e. The molecule has 28 heavy (non-hydrogen) atoms. The van der Waals surface area contributed by atoms with E-state index in [4.69, 9.17) is 9.47 Å². The van der Waals surface area contributed by atoms with Crippen molar-refractivity contribution in [3.63, 3.8) is 0 Å². The number of likely N-dealkylation sites (tertiary alicyclic amines) is 1. The zero-order chi connectivity index (χ0) is 20.3. The molecule has 1 aliphatic heterocycles. The second-order valence-corrected chi connectivity index (χ2v) is 7.92. The highest BCUT2D eigenvalue weighted by atomic mass is 16.6. The Hall–Kier alpha value is -2.77. The van der Waals surface area contributed by atoms with Crippen molar-refractivity contribution in [3.8, 4) is 0 Å². The monoisotopic (exact) mass is 388 g/mol. The minimum atomic E-state index is -0.531. The molecule has 1 atom stereocenters. The average molecular weight is 388 g/mol. The summed E-state index contributed by atoms with van der Waals surface area (Å²) in [7, 11) is 0.